The van der Waals surface area contributed by atoms with Gasteiger partial charge in [-0.15, -0.1) is 0 Å². The van der Waals surface area contributed by atoms with Crippen LogP contribution >= 0.6 is 27.5 Å². The Morgan fingerprint density at radius 3 is 2.60 bits per heavy atom. The number of nitrogens with zero attached hydrogens (tertiary/aromatic N) is 5. The van der Waals surface area contributed by atoms with Crippen molar-refractivity contribution in [1.82, 2.24) is 35.0 Å². The van der Waals surface area contributed by atoms with Crippen molar-refractivity contribution in [1.29, 1.82) is 0 Å². The Morgan fingerprint density at radius 1 is 1.12 bits per heavy atom. The molecule has 43 heavy (non-hydrogen) atoms. The third-order valence-electron chi connectivity index (χ3n) is 7.91. The van der Waals surface area contributed by atoms with Crippen molar-refractivity contribution >= 4 is 47.9 Å². The molecular formula is C31H39BBrClN7O2. The van der Waals surface area contributed by atoms with Crippen LogP contribution in [0.2, 0.25) is 5.02 Å². The van der Waals surface area contributed by atoms with Crippen LogP contribution in [0.1, 0.15) is 61.4 Å². The molecule has 3 amide bonds. The fourth-order valence-electron chi connectivity index (χ4n) is 5.90. The zero-order valence-corrected chi connectivity index (χ0v) is 27.6. The molecule has 0 spiro atoms. The highest BCUT2D eigenvalue weighted by Gasteiger charge is 2.40. The monoisotopic (exact) mass is 666 g/mol. The molecule has 1 unspecified atom stereocenters. The Balaban J connectivity index is 0.00000423. The predicted molar refractivity (Wildman–Crippen MR) is 173 cm³/mol. The van der Waals surface area contributed by atoms with Crippen LogP contribution in [0.25, 0.3) is 0 Å². The number of benzene rings is 1. The van der Waals surface area contributed by atoms with Gasteiger partial charge in [0.15, 0.2) is 0 Å². The van der Waals surface area contributed by atoms with E-state index >= 15 is 0 Å². The zero-order chi connectivity index (χ0) is 30.0. The van der Waals surface area contributed by atoms with Crippen molar-refractivity contribution < 1.29 is 9.59 Å². The molecule has 12 heteroatoms. The molecule has 9 nitrogen and oxygen atoms in total. The van der Waals surface area contributed by atoms with Crippen molar-refractivity contribution in [3.05, 3.63) is 80.6 Å². The first kappa shape index (κ1) is 33.0. The second-order valence-electron chi connectivity index (χ2n) is 12.1. The second-order valence-corrected chi connectivity index (χ2v) is 13.5. The number of piperazine rings is 1. The Hall–Kier alpha value is -2.89. The van der Waals surface area contributed by atoms with Gasteiger partial charge in [-0.05, 0) is 97.8 Å². The molecule has 3 heterocycles. The molecule has 2 aromatic heterocycles. The molecule has 1 fully saturated rings. The van der Waals surface area contributed by atoms with Crippen molar-refractivity contribution in [2.24, 2.45) is 0 Å². The zero-order valence-electron chi connectivity index (χ0n) is 25.2. The summed E-state index contributed by atoms with van der Waals surface area (Å²) >= 11 is 10.0. The largest absolute Gasteiger partial charge is 0.354 e. The Labute approximate surface area is 269 Å². The lowest BCUT2D eigenvalue weighted by atomic mass is 9.95. The summed E-state index contributed by atoms with van der Waals surface area (Å²) in [7, 11) is 0. The number of hydrogen-bond acceptors (Lipinski definition) is 5. The fourth-order valence-corrected chi connectivity index (χ4v) is 6.47. The third-order valence-corrected chi connectivity index (χ3v) is 8.58. The number of urea groups is 1. The highest BCUT2D eigenvalue weighted by atomic mass is 79.9. The standard InChI is InChI=1S/C31H39BrClN7O2.B/c1-20-34-11-13-38(20)12-5-10-35-29(41)26-19-39(14-15-40(26)30(42)37-31(2,3)4)28-25-9-8-24(33)17-21(25)6-7-22-16-23(32)18-36-27(22)28;/h8-9,11,13,16-18,26,28H,5-7,10,12,14-15,19H2,1-4H3,(H,35,41)(H,37,42);/t26-,28?;/m1./s1. The van der Waals surface area contributed by atoms with E-state index in [1.54, 1.807) is 11.1 Å². The highest BCUT2D eigenvalue weighted by Crippen LogP contribution is 2.38. The Kier molecular flexibility index (Phi) is 10.6. The van der Waals surface area contributed by atoms with Gasteiger partial charge in [0.05, 0.1) is 11.7 Å². The van der Waals surface area contributed by atoms with Crippen molar-refractivity contribution in [2.45, 2.75) is 71.1 Å². The summed E-state index contributed by atoms with van der Waals surface area (Å²) in [5, 5.41) is 6.88. The number of carbonyl (C=O) groups excluding carboxylic acids is 2. The number of rotatable bonds is 6. The molecule has 3 radical (unpaired) electrons. The first-order valence-corrected chi connectivity index (χ1v) is 15.7. The van der Waals surface area contributed by atoms with Crippen LogP contribution in [0.15, 0.2) is 47.3 Å². The number of amides is 3. The SMILES string of the molecule is Cc1nccn1CCCNC(=O)[C@H]1CN(C2c3ccc(Cl)cc3CCc3cc(Br)cnc32)CCN1C(=O)NC(C)(C)C.[B]. The van der Waals surface area contributed by atoms with E-state index in [9.17, 15) is 9.59 Å². The van der Waals surface area contributed by atoms with Gasteiger partial charge in [-0.25, -0.2) is 9.78 Å². The molecule has 2 aliphatic rings. The van der Waals surface area contributed by atoms with Crippen molar-refractivity contribution in [3.8, 4) is 0 Å². The van der Waals surface area contributed by atoms with Crippen LogP contribution in [-0.4, -0.2) is 82.4 Å². The second kappa shape index (κ2) is 13.8. The summed E-state index contributed by atoms with van der Waals surface area (Å²) in [5.74, 6) is 0.792. The number of aromatic nitrogens is 3. The summed E-state index contributed by atoms with van der Waals surface area (Å²) in [4.78, 5) is 40.4. The van der Waals surface area contributed by atoms with E-state index < -0.39 is 11.6 Å². The van der Waals surface area contributed by atoms with E-state index in [-0.39, 0.29) is 26.4 Å². The lowest BCUT2D eigenvalue weighted by Crippen LogP contribution is -2.64. The van der Waals surface area contributed by atoms with Gasteiger partial charge in [0.2, 0.25) is 5.91 Å². The van der Waals surface area contributed by atoms with Crippen LogP contribution in [0.5, 0.6) is 0 Å². The highest BCUT2D eigenvalue weighted by molar-refractivity contribution is 9.10. The molecule has 0 bridgehead atoms. The first-order valence-electron chi connectivity index (χ1n) is 14.5. The number of imidazole rings is 1. The van der Waals surface area contributed by atoms with Crippen LogP contribution < -0.4 is 10.6 Å². The van der Waals surface area contributed by atoms with E-state index in [0.717, 1.165) is 47.4 Å². The fraction of sp³-hybridized carbons (Fsp3) is 0.484. The van der Waals surface area contributed by atoms with E-state index in [1.807, 2.05) is 52.2 Å². The van der Waals surface area contributed by atoms with Crippen LogP contribution in [0.4, 0.5) is 4.79 Å². The maximum atomic E-state index is 13.8. The molecule has 1 aromatic carbocycles. The number of aryl methyl sites for hydroxylation is 4. The lowest BCUT2D eigenvalue weighted by Gasteiger charge is -2.44. The Bertz CT molecular complexity index is 1410. The molecule has 3 aromatic rings. The quantitative estimate of drug-likeness (QED) is 0.298. The predicted octanol–water partition coefficient (Wildman–Crippen LogP) is 4.51. The van der Waals surface area contributed by atoms with Gasteiger partial charge in [0.25, 0.3) is 0 Å². The van der Waals surface area contributed by atoms with Crippen LogP contribution in [0.3, 0.4) is 0 Å². The van der Waals surface area contributed by atoms with Crippen LogP contribution in [0, 0.1) is 6.92 Å². The first-order chi connectivity index (χ1) is 20.0. The smallest absolute Gasteiger partial charge is 0.318 e. The minimum atomic E-state index is -0.658. The minimum Gasteiger partial charge on any atom is -0.354 e. The van der Waals surface area contributed by atoms with Crippen molar-refractivity contribution in [2.75, 3.05) is 26.2 Å². The Morgan fingerprint density at radius 2 is 1.88 bits per heavy atom. The van der Waals surface area contributed by atoms with E-state index in [1.165, 1.54) is 11.1 Å². The van der Waals surface area contributed by atoms with Gasteiger partial charge in [0, 0.05) is 74.8 Å². The van der Waals surface area contributed by atoms with Gasteiger partial charge in [-0.1, -0.05) is 17.7 Å². The van der Waals surface area contributed by atoms with E-state index in [0.29, 0.717) is 31.2 Å². The van der Waals surface area contributed by atoms with E-state index in [2.05, 4.69) is 53.1 Å². The number of nitrogens with one attached hydrogen (secondary N) is 2. The normalized spacial score (nSPS) is 18.6. The molecule has 2 N–H and O–H groups in total. The molecule has 227 valence electrons. The lowest BCUT2D eigenvalue weighted by molar-refractivity contribution is -0.127. The molecule has 5 rings (SSSR count). The minimum absolute atomic E-state index is 0. The summed E-state index contributed by atoms with van der Waals surface area (Å²) in [5.41, 5.74) is 4.07. The molecule has 2 atom stereocenters. The average Bonchev–Trinajstić information content (AvgIpc) is 3.27. The molecule has 1 aliphatic heterocycles. The van der Waals surface area contributed by atoms with Gasteiger partial charge in [-0.2, -0.15) is 0 Å². The molecular weight excluding hydrogens is 629 g/mol. The number of carbonyl (C=O) groups is 2. The van der Waals surface area contributed by atoms with Gasteiger partial charge < -0.3 is 20.1 Å². The molecule has 0 saturated carbocycles. The summed E-state index contributed by atoms with van der Waals surface area (Å²) in [6.07, 6.45) is 8.02. The maximum Gasteiger partial charge on any atom is 0.318 e. The van der Waals surface area contributed by atoms with Crippen molar-refractivity contribution in [3.63, 3.8) is 0 Å². The molecule has 1 aliphatic carbocycles. The van der Waals surface area contributed by atoms with Gasteiger partial charge in [0.1, 0.15) is 11.9 Å². The number of pyridine rings is 1. The number of hydrogen-bond donors (Lipinski definition) is 2. The van der Waals surface area contributed by atoms with E-state index in [4.69, 9.17) is 16.6 Å². The summed E-state index contributed by atoms with van der Waals surface area (Å²) in [6, 6.07) is 7.16. The average molecular weight is 668 g/mol. The number of halogens is 2. The summed E-state index contributed by atoms with van der Waals surface area (Å²) < 4.78 is 3.01. The third kappa shape index (κ3) is 7.80. The maximum absolute atomic E-state index is 13.8. The van der Waals surface area contributed by atoms with Crippen LogP contribution in [-0.2, 0) is 24.2 Å². The van der Waals surface area contributed by atoms with Gasteiger partial charge >= 0.3 is 6.03 Å². The number of fused-ring (bicyclic) bond motifs is 2. The summed E-state index contributed by atoms with van der Waals surface area (Å²) in [6.45, 7) is 10.5. The van der Waals surface area contributed by atoms with Gasteiger partial charge in [-0.3, -0.25) is 14.7 Å². The molecule has 1 saturated heterocycles. The topological polar surface area (TPSA) is 95.4 Å².